The van der Waals surface area contributed by atoms with E-state index in [4.69, 9.17) is 5.73 Å². The molecule has 0 aliphatic carbocycles. The van der Waals surface area contributed by atoms with Gasteiger partial charge in [-0.15, -0.1) is 11.3 Å². The van der Waals surface area contributed by atoms with E-state index in [1.54, 1.807) is 5.38 Å². The average molecular weight is 290 g/mol. The Morgan fingerprint density at radius 3 is 2.67 bits per heavy atom. The number of piperidine rings is 1. The maximum atomic E-state index is 12.1. The first-order valence-corrected chi connectivity index (χ1v) is 8.30. The molecule has 6 nitrogen and oxygen atoms in total. The number of anilines is 1. The summed E-state index contributed by atoms with van der Waals surface area (Å²) in [6.07, 6.45) is 2.94. The van der Waals surface area contributed by atoms with Crippen LogP contribution in [0.1, 0.15) is 37.9 Å². The Hall–Kier alpha value is -0.700. The van der Waals surface area contributed by atoms with Gasteiger partial charge in [0.1, 0.15) is 0 Å². The Morgan fingerprint density at radius 2 is 2.11 bits per heavy atom. The number of nitrogens with zero attached hydrogens (tertiary/aromatic N) is 2. The molecule has 0 saturated carbocycles. The lowest BCUT2D eigenvalue weighted by atomic mass is 10.2. The number of nitrogens with one attached hydrogen (secondary N) is 1. The molecule has 0 bridgehead atoms. The first kappa shape index (κ1) is 13.7. The van der Waals surface area contributed by atoms with Crippen LogP contribution in [0, 0.1) is 0 Å². The minimum atomic E-state index is -3.46. The van der Waals surface area contributed by atoms with Gasteiger partial charge in [0.25, 0.3) is 0 Å². The molecule has 1 saturated heterocycles. The van der Waals surface area contributed by atoms with Gasteiger partial charge in [0.05, 0.1) is 5.69 Å². The molecule has 8 heteroatoms. The van der Waals surface area contributed by atoms with Gasteiger partial charge in [-0.05, 0) is 19.8 Å². The molecule has 0 radical (unpaired) electrons. The lowest BCUT2D eigenvalue weighted by Gasteiger charge is -2.25. The van der Waals surface area contributed by atoms with E-state index in [1.165, 1.54) is 15.6 Å². The zero-order chi connectivity index (χ0) is 13.2. The molecule has 0 spiro atoms. The monoisotopic (exact) mass is 290 g/mol. The Morgan fingerprint density at radius 1 is 1.44 bits per heavy atom. The number of hydrogen-bond donors (Lipinski definition) is 2. The summed E-state index contributed by atoms with van der Waals surface area (Å²) >= 11 is 1.26. The molecule has 2 heterocycles. The van der Waals surface area contributed by atoms with Crippen molar-refractivity contribution in [3.05, 3.63) is 11.1 Å². The molecular formula is C10H18N4O2S2. The zero-order valence-electron chi connectivity index (χ0n) is 10.3. The third-order valence-corrected chi connectivity index (χ3v) is 5.26. The van der Waals surface area contributed by atoms with Crippen LogP contribution in [0.2, 0.25) is 0 Å². The summed E-state index contributed by atoms with van der Waals surface area (Å²) in [5, 5.41) is 2.16. The van der Waals surface area contributed by atoms with Crippen LogP contribution in [0.15, 0.2) is 5.38 Å². The van der Waals surface area contributed by atoms with Crippen molar-refractivity contribution in [2.75, 3.05) is 17.8 Å². The van der Waals surface area contributed by atoms with Crippen molar-refractivity contribution >= 4 is 26.7 Å². The topological polar surface area (TPSA) is 88.3 Å². The second kappa shape index (κ2) is 5.52. The fourth-order valence-corrected chi connectivity index (χ4v) is 4.12. The molecule has 2 rings (SSSR count). The van der Waals surface area contributed by atoms with Crippen LogP contribution in [-0.4, -0.2) is 30.8 Å². The first-order valence-electron chi connectivity index (χ1n) is 5.98. The van der Waals surface area contributed by atoms with Gasteiger partial charge in [0, 0.05) is 24.5 Å². The maximum absolute atomic E-state index is 12.1. The largest absolute Gasteiger partial charge is 0.323 e. The average Bonchev–Trinajstić information content (AvgIpc) is 2.78. The zero-order valence-corrected chi connectivity index (χ0v) is 11.9. The van der Waals surface area contributed by atoms with Gasteiger partial charge in [0.2, 0.25) is 0 Å². The maximum Gasteiger partial charge on any atom is 0.303 e. The third-order valence-electron chi connectivity index (χ3n) is 2.86. The fourth-order valence-electron chi connectivity index (χ4n) is 1.82. The van der Waals surface area contributed by atoms with Crippen molar-refractivity contribution in [3.63, 3.8) is 0 Å². The highest BCUT2D eigenvalue weighted by atomic mass is 32.2. The van der Waals surface area contributed by atoms with E-state index >= 15 is 0 Å². The quantitative estimate of drug-likeness (QED) is 0.875. The summed E-state index contributed by atoms with van der Waals surface area (Å²) in [5.74, 6) is 0. The normalized spacial score (nSPS) is 19.7. The van der Waals surface area contributed by atoms with Crippen LogP contribution in [0.4, 0.5) is 5.13 Å². The predicted octanol–water partition coefficient (Wildman–Crippen LogP) is 1.31. The van der Waals surface area contributed by atoms with Crippen molar-refractivity contribution in [2.45, 2.75) is 32.2 Å². The highest BCUT2D eigenvalue weighted by Crippen LogP contribution is 2.22. The molecule has 102 valence electrons. The Labute approximate surface area is 111 Å². The van der Waals surface area contributed by atoms with Crippen LogP contribution in [-0.2, 0) is 10.2 Å². The number of nitrogens with two attached hydrogens (primary N) is 1. The Balaban J connectivity index is 2.06. The molecule has 1 atom stereocenters. The second-order valence-corrected chi connectivity index (χ2v) is 6.96. The van der Waals surface area contributed by atoms with E-state index in [0.29, 0.717) is 23.9 Å². The van der Waals surface area contributed by atoms with Gasteiger partial charge in [0.15, 0.2) is 5.13 Å². The van der Waals surface area contributed by atoms with Crippen molar-refractivity contribution < 1.29 is 8.42 Å². The van der Waals surface area contributed by atoms with Crippen LogP contribution in [0.3, 0.4) is 0 Å². The Kier molecular flexibility index (Phi) is 4.21. The third kappa shape index (κ3) is 3.19. The van der Waals surface area contributed by atoms with Gasteiger partial charge < -0.3 is 5.73 Å². The minimum absolute atomic E-state index is 0.186. The molecular weight excluding hydrogens is 272 g/mol. The van der Waals surface area contributed by atoms with Crippen LogP contribution in [0.5, 0.6) is 0 Å². The molecule has 1 unspecified atom stereocenters. The molecule has 1 aliphatic rings. The van der Waals surface area contributed by atoms with Crippen LogP contribution >= 0.6 is 11.3 Å². The standard InChI is InChI=1S/C10H18N4O2S2/c1-8(11)9-7-17-10(12-9)13-18(15,16)14-5-3-2-4-6-14/h7-8H,2-6,11H2,1H3,(H,12,13). The smallest absolute Gasteiger partial charge is 0.303 e. The molecule has 0 amide bonds. The van der Waals surface area contributed by atoms with Gasteiger partial charge in [-0.3, -0.25) is 0 Å². The van der Waals surface area contributed by atoms with Crippen LogP contribution < -0.4 is 10.5 Å². The minimum Gasteiger partial charge on any atom is -0.323 e. The van der Waals surface area contributed by atoms with E-state index in [0.717, 1.165) is 19.3 Å². The summed E-state index contributed by atoms with van der Waals surface area (Å²) < 4.78 is 28.2. The molecule has 0 aromatic carbocycles. The molecule has 1 fully saturated rings. The number of thiazole rings is 1. The summed E-state index contributed by atoms with van der Waals surface area (Å²) in [5.41, 5.74) is 6.40. The van der Waals surface area contributed by atoms with Crippen molar-refractivity contribution in [2.24, 2.45) is 5.73 Å². The summed E-state index contributed by atoms with van der Waals surface area (Å²) in [6, 6.07) is -0.186. The molecule has 1 aliphatic heterocycles. The highest BCUT2D eigenvalue weighted by molar-refractivity contribution is 7.90. The number of rotatable bonds is 4. The SMILES string of the molecule is CC(N)c1csc(NS(=O)(=O)N2CCCCC2)n1. The predicted molar refractivity (Wildman–Crippen MR) is 72.7 cm³/mol. The molecule has 1 aromatic rings. The van der Waals surface area contributed by atoms with E-state index in [-0.39, 0.29) is 6.04 Å². The fraction of sp³-hybridized carbons (Fsp3) is 0.700. The molecule has 18 heavy (non-hydrogen) atoms. The van der Waals surface area contributed by atoms with Gasteiger partial charge in [-0.2, -0.15) is 12.7 Å². The van der Waals surface area contributed by atoms with Gasteiger partial charge in [-0.1, -0.05) is 6.42 Å². The van der Waals surface area contributed by atoms with E-state index in [1.807, 2.05) is 6.92 Å². The van der Waals surface area contributed by atoms with Gasteiger partial charge >= 0.3 is 10.2 Å². The summed E-state index contributed by atoms with van der Waals surface area (Å²) in [7, 11) is -3.46. The number of aromatic nitrogens is 1. The van der Waals surface area contributed by atoms with Crippen molar-refractivity contribution in [1.82, 2.24) is 9.29 Å². The van der Waals surface area contributed by atoms with E-state index in [9.17, 15) is 8.42 Å². The molecule has 3 N–H and O–H groups in total. The van der Waals surface area contributed by atoms with Gasteiger partial charge in [-0.25, -0.2) is 9.71 Å². The lowest BCUT2D eigenvalue weighted by molar-refractivity contribution is 0.349. The van der Waals surface area contributed by atoms with Crippen molar-refractivity contribution in [1.29, 1.82) is 0 Å². The Bertz CT molecular complexity index is 492. The van der Waals surface area contributed by atoms with E-state index < -0.39 is 10.2 Å². The van der Waals surface area contributed by atoms with Crippen LogP contribution in [0.25, 0.3) is 0 Å². The first-order chi connectivity index (χ1) is 8.49. The number of hydrogen-bond acceptors (Lipinski definition) is 5. The lowest BCUT2D eigenvalue weighted by Crippen LogP contribution is -2.39. The van der Waals surface area contributed by atoms with E-state index in [2.05, 4.69) is 9.71 Å². The summed E-state index contributed by atoms with van der Waals surface area (Å²) in [6.45, 7) is 2.99. The second-order valence-electron chi connectivity index (χ2n) is 4.43. The molecule has 1 aromatic heterocycles. The summed E-state index contributed by atoms with van der Waals surface area (Å²) in [4.78, 5) is 4.17. The van der Waals surface area contributed by atoms with Crippen molar-refractivity contribution in [3.8, 4) is 0 Å². The highest BCUT2D eigenvalue weighted by Gasteiger charge is 2.24.